The molecule has 1 amide bonds. The predicted molar refractivity (Wildman–Crippen MR) is 77.0 cm³/mol. The number of carbonyl (C=O) groups is 1. The van der Waals surface area contributed by atoms with Gasteiger partial charge in [0.05, 0.1) is 18.2 Å². The highest BCUT2D eigenvalue weighted by Crippen LogP contribution is 2.34. The van der Waals surface area contributed by atoms with Crippen LogP contribution in [0.25, 0.3) is 0 Å². The fourth-order valence-electron chi connectivity index (χ4n) is 3.76. The lowest BCUT2D eigenvalue weighted by atomic mass is 9.94. The van der Waals surface area contributed by atoms with E-state index in [2.05, 4.69) is 16.7 Å². The van der Waals surface area contributed by atoms with Crippen LogP contribution in [0.3, 0.4) is 0 Å². The second kappa shape index (κ2) is 4.77. The minimum atomic E-state index is 0.0618. The average Bonchev–Trinajstić information content (AvgIpc) is 3.09. The third kappa shape index (κ3) is 1.99. The molecule has 0 aliphatic carbocycles. The van der Waals surface area contributed by atoms with Crippen molar-refractivity contribution in [1.29, 1.82) is 0 Å². The topological polar surface area (TPSA) is 50.4 Å². The zero-order valence-electron chi connectivity index (χ0n) is 11.5. The van der Waals surface area contributed by atoms with E-state index in [9.17, 15) is 4.79 Å². The quantitative estimate of drug-likeness (QED) is 0.867. The molecule has 2 fully saturated rings. The smallest absolute Gasteiger partial charge is 0.251 e. The third-order valence-electron chi connectivity index (χ3n) is 4.76. The van der Waals surface area contributed by atoms with Crippen LogP contribution in [0, 0.1) is 0 Å². The van der Waals surface area contributed by atoms with Gasteiger partial charge < -0.3 is 15.4 Å². The maximum Gasteiger partial charge on any atom is 0.251 e. The molecule has 1 aromatic rings. The molecule has 2 N–H and O–H groups in total. The first-order chi connectivity index (χ1) is 9.81. The summed E-state index contributed by atoms with van der Waals surface area (Å²) in [4.78, 5) is 12.6. The molecule has 3 aliphatic heterocycles. The molecule has 0 radical (unpaired) electrons. The van der Waals surface area contributed by atoms with Gasteiger partial charge in [-0.1, -0.05) is 6.07 Å². The molecule has 0 aromatic heterocycles. The summed E-state index contributed by atoms with van der Waals surface area (Å²) in [7, 11) is 0. The summed E-state index contributed by atoms with van der Waals surface area (Å²) in [5.41, 5.74) is 3.12. The molecule has 3 unspecified atom stereocenters. The molecule has 3 atom stereocenters. The zero-order chi connectivity index (χ0) is 13.5. The number of rotatable bonds is 2. The summed E-state index contributed by atoms with van der Waals surface area (Å²) >= 11 is 0. The van der Waals surface area contributed by atoms with Gasteiger partial charge in [-0.2, -0.15) is 0 Å². The van der Waals surface area contributed by atoms with Crippen molar-refractivity contribution in [2.24, 2.45) is 0 Å². The number of carbonyl (C=O) groups excluding carboxylic acids is 1. The molecule has 3 aliphatic rings. The molecule has 106 valence electrons. The van der Waals surface area contributed by atoms with Gasteiger partial charge in [-0.15, -0.1) is 0 Å². The van der Waals surface area contributed by atoms with Gasteiger partial charge in [-0.05, 0) is 49.8 Å². The van der Waals surface area contributed by atoms with Crippen LogP contribution in [-0.2, 0) is 11.2 Å². The summed E-state index contributed by atoms with van der Waals surface area (Å²) in [6.07, 6.45) is 5.90. The second-order valence-electron chi connectivity index (χ2n) is 6.05. The summed E-state index contributed by atoms with van der Waals surface area (Å²) in [5.74, 6) is 0.0618. The van der Waals surface area contributed by atoms with E-state index < -0.39 is 0 Å². The highest BCUT2D eigenvalue weighted by atomic mass is 16.5. The van der Waals surface area contributed by atoms with E-state index >= 15 is 0 Å². The van der Waals surface area contributed by atoms with Gasteiger partial charge in [0.25, 0.3) is 5.91 Å². The Hall–Kier alpha value is -1.55. The van der Waals surface area contributed by atoms with Gasteiger partial charge in [-0.25, -0.2) is 0 Å². The number of nitrogens with one attached hydrogen (secondary N) is 2. The zero-order valence-corrected chi connectivity index (χ0v) is 11.5. The molecule has 0 spiro atoms. The lowest BCUT2D eigenvalue weighted by Gasteiger charge is -2.23. The number of ether oxygens (including phenoxy) is 1. The summed E-state index contributed by atoms with van der Waals surface area (Å²) in [6.45, 7) is 0.998. The Morgan fingerprint density at radius 3 is 3.10 bits per heavy atom. The third-order valence-corrected chi connectivity index (χ3v) is 4.76. The fourth-order valence-corrected chi connectivity index (χ4v) is 3.76. The standard InChI is InChI=1S/C16H20N2O2/c19-16(18-14-9-10-6-7-15(14)20-10)12-3-1-5-13-11(12)4-2-8-17-13/h1,3,5,10,14-15,17H,2,4,6-9H2,(H,18,19). The van der Waals surface area contributed by atoms with Crippen molar-refractivity contribution in [2.75, 3.05) is 11.9 Å². The Balaban J connectivity index is 1.54. The molecule has 20 heavy (non-hydrogen) atoms. The van der Waals surface area contributed by atoms with Crippen LogP contribution in [0.1, 0.15) is 41.6 Å². The van der Waals surface area contributed by atoms with E-state index in [1.165, 1.54) is 5.56 Å². The minimum Gasteiger partial charge on any atom is -0.385 e. The molecular formula is C16H20N2O2. The van der Waals surface area contributed by atoms with Crippen LogP contribution in [0.15, 0.2) is 18.2 Å². The Kier molecular flexibility index (Phi) is 2.91. The van der Waals surface area contributed by atoms with Crippen LogP contribution < -0.4 is 10.6 Å². The first-order valence-electron chi connectivity index (χ1n) is 7.63. The second-order valence-corrected chi connectivity index (χ2v) is 6.05. The molecule has 4 rings (SSSR count). The molecule has 4 heteroatoms. The van der Waals surface area contributed by atoms with Gasteiger partial charge in [0.15, 0.2) is 0 Å². The van der Waals surface area contributed by atoms with Gasteiger partial charge in [0.2, 0.25) is 0 Å². The van der Waals surface area contributed by atoms with Crippen molar-refractivity contribution in [3.63, 3.8) is 0 Å². The number of hydrogen-bond acceptors (Lipinski definition) is 3. The molecule has 1 aromatic carbocycles. The van der Waals surface area contributed by atoms with Crippen molar-refractivity contribution in [3.05, 3.63) is 29.3 Å². The van der Waals surface area contributed by atoms with Crippen molar-refractivity contribution < 1.29 is 9.53 Å². The van der Waals surface area contributed by atoms with Gasteiger partial charge in [-0.3, -0.25) is 4.79 Å². The lowest BCUT2D eigenvalue weighted by molar-refractivity contribution is 0.0840. The molecule has 4 nitrogen and oxygen atoms in total. The fraction of sp³-hybridized carbons (Fsp3) is 0.562. The van der Waals surface area contributed by atoms with E-state index in [0.29, 0.717) is 6.10 Å². The highest BCUT2D eigenvalue weighted by Gasteiger charge is 2.41. The van der Waals surface area contributed by atoms with Gasteiger partial charge in [0, 0.05) is 17.8 Å². The Bertz CT molecular complexity index is 543. The molecule has 0 saturated carbocycles. The summed E-state index contributed by atoms with van der Waals surface area (Å²) in [5, 5.41) is 6.56. The SMILES string of the molecule is O=C(NC1CC2CCC1O2)c1cccc2c1CCCN2. The van der Waals surface area contributed by atoms with E-state index in [0.717, 1.165) is 49.9 Å². The molecule has 2 saturated heterocycles. The maximum atomic E-state index is 12.6. The Morgan fingerprint density at radius 1 is 1.35 bits per heavy atom. The van der Waals surface area contributed by atoms with Crippen LogP contribution >= 0.6 is 0 Å². The molecule has 2 bridgehead atoms. The maximum absolute atomic E-state index is 12.6. The molecular weight excluding hydrogens is 252 g/mol. The highest BCUT2D eigenvalue weighted by molar-refractivity contribution is 5.97. The van der Waals surface area contributed by atoms with Crippen LogP contribution in [0.2, 0.25) is 0 Å². The van der Waals surface area contributed by atoms with Crippen LogP contribution in [-0.4, -0.2) is 30.7 Å². The van der Waals surface area contributed by atoms with Crippen LogP contribution in [0.5, 0.6) is 0 Å². The number of hydrogen-bond donors (Lipinski definition) is 2. The Labute approximate surface area is 118 Å². The van der Waals surface area contributed by atoms with E-state index in [1.54, 1.807) is 0 Å². The van der Waals surface area contributed by atoms with Crippen LogP contribution in [0.4, 0.5) is 5.69 Å². The number of fused-ring (bicyclic) bond motifs is 3. The largest absolute Gasteiger partial charge is 0.385 e. The monoisotopic (exact) mass is 272 g/mol. The molecule has 3 heterocycles. The van der Waals surface area contributed by atoms with Crippen molar-refractivity contribution >= 4 is 11.6 Å². The predicted octanol–water partition coefficient (Wildman–Crippen LogP) is 2.09. The normalized spacial score (nSPS) is 30.7. The Morgan fingerprint density at radius 2 is 2.30 bits per heavy atom. The lowest BCUT2D eigenvalue weighted by Crippen LogP contribution is -2.41. The number of anilines is 1. The minimum absolute atomic E-state index is 0.0618. The first-order valence-corrected chi connectivity index (χ1v) is 7.63. The van der Waals surface area contributed by atoms with Gasteiger partial charge in [0.1, 0.15) is 0 Å². The summed E-state index contributed by atoms with van der Waals surface area (Å²) < 4.78 is 5.81. The van der Waals surface area contributed by atoms with Crippen molar-refractivity contribution in [3.8, 4) is 0 Å². The number of benzene rings is 1. The van der Waals surface area contributed by atoms with Gasteiger partial charge >= 0.3 is 0 Å². The summed E-state index contributed by atoms with van der Waals surface area (Å²) in [6, 6.07) is 6.17. The van der Waals surface area contributed by atoms with E-state index in [-0.39, 0.29) is 18.1 Å². The first kappa shape index (κ1) is 12.2. The van der Waals surface area contributed by atoms with E-state index in [1.807, 2.05) is 12.1 Å². The number of amides is 1. The van der Waals surface area contributed by atoms with E-state index in [4.69, 9.17) is 4.74 Å². The average molecular weight is 272 g/mol. The van der Waals surface area contributed by atoms with Crippen molar-refractivity contribution in [1.82, 2.24) is 5.32 Å². The van der Waals surface area contributed by atoms with Crippen molar-refractivity contribution in [2.45, 2.75) is 50.4 Å².